The molecule has 0 amide bonds. The number of furan rings is 1. The molecular weight excluding hydrogens is 765 g/mol. The number of aromatic nitrogens is 1. The van der Waals surface area contributed by atoms with Gasteiger partial charge in [0.15, 0.2) is 0 Å². The van der Waals surface area contributed by atoms with Crippen LogP contribution in [0.15, 0.2) is 247 Å². The molecule has 0 aliphatic carbocycles. The second-order valence-electron chi connectivity index (χ2n) is 16.1. The van der Waals surface area contributed by atoms with E-state index >= 15 is 0 Å². The summed E-state index contributed by atoms with van der Waals surface area (Å²) in [6.45, 7) is 0. The van der Waals surface area contributed by atoms with E-state index in [1.54, 1.807) is 0 Å². The lowest BCUT2D eigenvalue weighted by atomic mass is 9.96. The van der Waals surface area contributed by atoms with E-state index in [0.29, 0.717) is 0 Å². The number of benzene rings is 10. The molecule has 0 atom stereocenters. The molecule has 0 fully saturated rings. The van der Waals surface area contributed by atoms with Crippen molar-refractivity contribution in [2.75, 3.05) is 4.90 Å². The summed E-state index contributed by atoms with van der Waals surface area (Å²) in [4.78, 5) is 2.39. The van der Waals surface area contributed by atoms with Crippen LogP contribution in [0.3, 0.4) is 0 Å². The Morgan fingerprint density at radius 2 is 0.841 bits per heavy atom. The average Bonchev–Trinajstić information content (AvgIpc) is 3.91. The number of rotatable bonds is 8. The highest BCUT2D eigenvalue weighted by Gasteiger charge is 2.19. The van der Waals surface area contributed by atoms with E-state index in [1.807, 2.05) is 12.1 Å². The van der Waals surface area contributed by atoms with Crippen molar-refractivity contribution in [3.8, 4) is 50.2 Å². The summed E-state index contributed by atoms with van der Waals surface area (Å²) in [5.74, 6) is 0. The van der Waals surface area contributed by atoms with Crippen LogP contribution in [0.2, 0.25) is 0 Å². The van der Waals surface area contributed by atoms with Crippen LogP contribution in [0.4, 0.5) is 17.1 Å². The third-order valence-corrected chi connectivity index (χ3v) is 12.4. The maximum absolute atomic E-state index is 6.22. The zero-order valence-electron chi connectivity index (χ0n) is 34.4. The predicted molar refractivity (Wildman–Crippen MR) is 264 cm³/mol. The fraction of sp³-hybridized carbons (Fsp3) is 0. The first-order valence-electron chi connectivity index (χ1n) is 21.5. The minimum absolute atomic E-state index is 0.905. The summed E-state index contributed by atoms with van der Waals surface area (Å²) in [7, 11) is 0. The molecule has 2 heterocycles. The van der Waals surface area contributed by atoms with E-state index in [2.05, 4.69) is 240 Å². The largest absolute Gasteiger partial charge is 0.456 e. The fourth-order valence-corrected chi connectivity index (χ4v) is 9.47. The van der Waals surface area contributed by atoms with Crippen LogP contribution in [0.25, 0.3) is 93.9 Å². The Labute approximate surface area is 366 Å². The highest BCUT2D eigenvalue weighted by molar-refractivity contribution is 6.12. The van der Waals surface area contributed by atoms with Gasteiger partial charge in [-0.05, 0) is 106 Å². The Morgan fingerprint density at radius 1 is 0.317 bits per heavy atom. The van der Waals surface area contributed by atoms with Gasteiger partial charge in [0.2, 0.25) is 0 Å². The lowest BCUT2D eigenvalue weighted by Gasteiger charge is -2.28. The molecule has 3 heteroatoms. The molecule has 0 aliphatic heterocycles. The Hall–Kier alpha value is -8.40. The van der Waals surface area contributed by atoms with Crippen molar-refractivity contribution in [3.63, 3.8) is 0 Å². The van der Waals surface area contributed by atoms with E-state index in [0.717, 1.165) is 72.5 Å². The normalized spacial score (nSPS) is 11.5. The molecule has 0 radical (unpaired) electrons. The van der Waals surface area contributed by atoms with Crippen molar-refractivity contribution in [2.24, 2.45) is 0 Å². The van der Waals surface area contributed by atoms with Gasteiger partial charge in [-0.1, -0.05) is 176 Å². The molecule has 63 heavy (non-hydrogen) atoms. The Kier molecular flexibility index (Phi) is 8.83. The Bertz CT molecular complexity index is 3560. The zero-order valence-corrected chi connectivity index (χ0v) is 34.4. The molecule has 12 rings (SSSR count). The zero-order chi connectivity index (χ0) is 41.7. The van der Waals surface area contributed by atoms with Crippen LogP contribution >= 0.6 is 0 Å². The van der Waals surface area contributed by atoms with Gasteiger partial charge < -0.3 is 13.9 Å². The van der Waals surface area contributed by atoms with Gasteiger partial charge >= 0.3 is 0 Å². The lowest BCUT2D eigenvalue weighted by molar-refractivity contribution is 0.669. The van der Waals surface area contributed by atoms with Gasteiger partial charge in [0.25, 0.3) is 0 Å². The molecule has 0 aliphatic rings. The third-order valence-electron chi connectivity index (χ3n) is 12.4. The summed E-state index contributed by atoms with van der Waals surface area (Å²) in [5, 5.41) is 4.81. The molecule has 0 N–H and O–H groups in total. The van der Waals surface area contributed by atoms with Gasteiger partial charge in [-0.2, -0.15) is 0 Å². The lowest BCUT2D eigenvalue weighted by Crippen LogP contribution is -2.11. The number of hydrogen-bond acceptors (Lipinski definition) is 2. The van der Waals surface area contributed by atoms with Gasteiger partial charge in [0, 0.05) is 44.2 Å². The minimum atomic E-state index is 0.905. The minimum Gasteiger partial charge on any atom is -0.456 e. The standard InChI is InChI=1S/C60H40N2O/c1-2-15-43(16-3-1)50-21-4-8-26-55(50)61(47-37-35-42(36-38-47)46-18-13-20-49(40-46)62-56-27-9-5-22-52(56)53-23-6-10-28-57(53)62)48-19-12-17-45(39-48)41-31-33-44(34-32-41)51-25-14-30-59-60(51)54-24-7-11-29-58(54)63-59/h1-40H. The molecule has 12 aromatic rings. The molecular formula is C60H40N2O. The van der Waals surface area contributed by atoms with E-state index in [-0.39, 0.29) is 0 Å². The van der Waals surface area contributed by atoms with Crippen molar-refractivity contribution in [3.05, 3.63) is 243 Å². The van der Waals surface area contributed by atoms with Crippen molar-refractivity contribution in [1.29, 1.82) is 0 Å². The fourth-order valence-electron chi connectivity index (χ4n) is 9.47. The van der Waals surface area contributed by atoms with Gasteiger partial charge in [0.1, 0.15) is 11.2 Å². The summed E-state index contributed by atoms with van der Waals surface area (Å²) in [5.41, 5.74) is 17.9. The third kappa shape index (κ3) is 6.38. The Morgan fingerprint density at radius 3 is 1.60 bits per heavy atom. The molecule has 0 saturated carbocycles. The number of fused-ring (bicyclic) bond motifs is 6. The van der Waals surface area contributed by atoms with E-state index in [9.17, 15) is 0 Å². The summed E-state index contributed by atoms with van der Waals surface area (Å²) < 4.78 is 8.60. The van der Waals surface area contributed by atoms with E-state index in [4.69, 9.17) is 4.42 Å². The van der Waals surface area contributed by atoms with Crippen LogP contribution in [-0.4, -0.2) is 4.57 Å². The highest BCUT2D eigenvalue weighted by Crippen LogP contribution is 2.43. The topological polar surface area (TPSA) is 21.3 Å². The van der Waals surface area contributed by atoms with Crippen molar-refractivity contribution in [1.82, 2.24) is 4.57 Å². The van der Waals surface area contributed by atoms with Crippen LogP contribution in [0.5, 0.6) is 0 Å². The van der Waals surface area contributed by atoms with Crippen LogP contribution in [0.1, 0.15) is 0 Å². The number of para-hydroxylation sites is 4. The monoisotopic (exact) mass is 804 g/mol. The quantitative estimate of drug-likeness (QED) is 0.153. The van der Waals surface area contributed by atoms with Crippen LogP contribution in [-0.2, 0) is 0 Å². The number of nitrogens with zero attached hydrogens (tertiary/aromatic N) is 2. The SMILES string of the molecule is c1ccc(-c2ccccc2N(c2ccc(-c3cccc(-n4c5ccccc5c5ccccc54)c3)cc2)c2cccc(-c3ccc(-c4cccc5oc6ccccc6c45)cc3)c2)cc1. The summed E-state index contributed by atoms with van der Waals surface area (Å²) >= 11 is 0. The first-order chi connectivity index (χ1) is 31.2. The second kappa shape index (κ2) is 15.3. The maximum Gasteiger partial charge on any atom is 0.136 e. The average molecular weight is 805 g/mol. The molecule has 0 unspecified atom stereocenters. The highest BCUT2D eigenvalue weighted by atomic mass is 16.3. The van der Waals surface area contributed by atoms with Gasteiger partial charge in [0.05, 0.1) is 16.7 Å². The van der Waals surface area contributed by atoms with Crippen molar-refractivity contribution < 1.29 is 4.42 Å². The van der Waals surface area contributed by atoms with Crippen LogP contribution in [0, 0.1) is 0 Å². The summed E-state index contributed by atoms with van der Waals surface area (Å²) in [6, 6.07) is 87.1. The van der Waals surface area contributed by atoms with Gasteiger partial charge in [-0.3, -0.25) is 0 Å². The molecule has 3 nitrogen and oxygen atoms in total. The van der Waals surface area contributed by atoms with E-state index < -0.39 is 0 Å². The van der Waals surface area contributed by atoms with Crippen molar-refractivity contribution >= 4 is 60.8 Å². The van der Waals surface area contributed by atoms with Crippen molar-refractivity contribution in [2.45, 2.75) is 0 Å². The second-order valence-corrected chi connectivity index (χ2v) is 16.1. The van der Waals surface area contributed by atoms with Gasteiger partial charge in [-0.15, -0.1) is 0 Å². The number of anilines is 3. The molecule has 0 spiro atoms. The molecule has 10 aromatic carbocycles. The van der Waals surface area contributed by atoms with E-state index in [1.165, 1.54) is 38.5 Å². The molecule has 296 valence electrons. The van der Waals surface area contributed by atoms with Gasteiger partial charge in [-0.25, -0.2) is 0 Å². The predicted octanol–water partition coefficient (Wildman–Crippen LogP) is 16.8. The molecule has 0 bridgehead atoms. The number of hydrogen-bond donors (Lipinski definition) is 0. The summed E-state index contributed by atoms with van der Waals surface area (Å²) in [6.07, 6.45) is 0. The Balaban J connectivity index is 0.932. The smallest absolute Gasteiger partial charge is 0.136 e. The first kappa shape index (κ1) is 36.5. The molecule has 2 aromatic heterocycles. The first-order valence-corrected chi connectivity index (χ1v) is 21.5. The molecule has 0 saturated heterocycles. The maximum atomic E-state index is 6.22. The van der Waals surface area contributed by atoms with Crippen LogP contribution < -0.4 is 4.90 Å².